The molecule has 1 aliphatic heterocycles. The Morgan fingerprint density at radius 2 is 2.00 bits per heavy atom. The van der Waals surface area contributed by atoms with Gasteiger partial charge in [0.05, 0.1) is 10.6 Å². The fraction of sp³-hybridized carbons (Fsp3) is 0.294. The molecule has 0 aliphatic carbocycles. The van der Waals surface area contributed by atoms with E-state index in [4.69, 9.17) is 0 Å². The minimum Gasteiger partial charge on any atom is -0.337 e. The molecule has 0 fully saturated rings. The van der Waals surface area contributed by atoms with Crippen LogP contribution in [-0.4, -0.2) is 43.1 Å². The zero-order chi connectivity index (χ0) is 16.2. The molecule has 2 heterocycles. The van der Waals surface area contributed by atoms with E-state index < -0.39 is 0 Å². The lowest BCUT2D eigenvalue weighted by Gasteiger charge is -2.29. The number of carbonyl (C=O) groups is 1. The summed E-state index contributed by atoms with van der Waals surface area (Å²) in [5, 5.41) is 3.00. The van der Waals surface area contributed by atoms with Crippen molar-refractivity contribution in [3.63, 3.8) is 0 Å². The molecule has 120 valence electrons. The van der Waals surface area contributed by atoms with E-state index in [-0.39, 0.29) is 6.03 Å². The highest BCUT2D eigenvalue weighted by atomic mass is 32.2. The summed E-state index contributed by atoms with van der Waals surface area (Å²) in [5.41, 5.74) is 0.883. The van der Waals surface area contributed by atoms with E-state index in [9.17, 15) is 4.79 Å². The number of fused-ring (bicyclic) bond motifs is 2. The van der Waals surface area contributed by atoms with Gasteiger partial charge in [0.25, 0.3) is 0 Å². The van der Waals surface area contributed by atoms with E-state index in [0.29, 0.717) is 12.4 Å². The summed E-state index contributed by atoms with van der Waals surface area (Å²) in [6.07, 6.45) is 2.64. The van der Waals surface area contributed by atoms with Crippen LogP contribution in [0.3, 0.4) is 0 Å². The number of nitrogens with one attached hydrogen (secondary N) is 1. The molecule has 0 radical (unpaired) electrons. The number of nitrogens with zero attached hydrogens (tertiary/aromatic N) is 3. The summed E-state index contributed by atoms with van der Waals surface area (Å²) in [5.74, 6) is 0.696. The molecule has 0 unspecified atom stereocenters. The molecule has 1 N–H and O–H groups in total. The monoisotopic (exact) mass is 328 g/mol. The number of anilines is 2. The van der Waals surface area contributed by atoms with Gasteiger partial charge in [-0.3, -0.25) is 0 Å². The summed E-state index contributed by atoms with van der Waals surface area (Å²) in [4.78, 5) is 23.0. The van der Waals surface area contributed by atoms with E-state index in [1.165, 1.54) is 0 Å². The molecule has 3 rings (SSSR count). The number of benzene rings is 1. The van der Waals surface area contributed by atoms with Crippen molar-refractivity contribution in [3.8, 4) is 0 Å². The van der Waals surface area contributed by atoms with E-state index in [1.54, 1.807) is 22.9 Å². The van der Waals surface area contributed by atoms with E-state index in [1.807, 2.05) is 50.5 Å². The first-order valence-electron chi connectivity index (χ1n) is 7.61. The van der Waals surface area contributed by atoms with Crippen LogP contribution in [0.15, 0.2) is 52.4 Å². The smallest absolute Gasteiger partial charge is 0.327 e. The molecule has 0 saturated heterocycles. The highest BCUT2D eigenvalue weighted by Crippen LogP contribution is 2.46. The van der Waals surface area contributed by atoms with Crippen molar-refractivity contribution in [3.05, 3.63) is 42.6 Å². The number of urea groups is 1. The second kappa shape index (κ2) is 7.02. The van der Waals surface area contributed by atoms with Gasteiger partial charge in [-0.2, -0.15) is 0 Å². The van der Waals surface area contributed by atoms with Crippen LogP contribution < -0.4 is 10.2 Å². The molecular weight excluding hydrogens is 308 g/mol. The largest absolute Gasteiger partial charge is 0.337 e. The summed E-state index contributed by atoms with van der Waals surface area (Å²) in [6, 6.07) is 11.7. The quantitative estimate of drug-likeness (QED) is 0.875. The van der Waals surface area contributed by atoms with Crippen molar-refractivity contribution >= 4 is 29.3 Å². The minimum absolute atomic E-state index is 0.128. The first-order chi connectivity index (χ1) is 11.2. The molecule has 1 aliphatic rings. The predicted octanol–water partition coefficient (Wildman–Crippen LogP) is 3.35. The van der Waals surface area contributed by atoms with Gasteiger partial charge in [-0.15, -0.1) is 0 Å². The second-order valence-corrected chi connectivity index (χ2v) is 6.70. The number of rotatable bonds is 4. The molecule has 2 amide bonds. The summed E-state index contributed by atoms with van der Waals surface area (Å²) < 4.78 is 0. The van der Waals surface area contributed by atoms with Gasteiger partial charge in [-0.1, -0.05) is 23.9 Å². The molecule has 1 aromatic carbocycles. The number of aromatic nitrogens is 1. The first-order valence-corrected chi connectivity index (χ1v) is 8.43. The molecule has 1 aromatic heterocycles. The van der Waals surface area contributed by atoms with Crippen LogP contribution in [0.2, 0.25) is 0 Å². The first kappa shape index (κ1) is 15.8. The zero-order valence-corrected chi connectivity index (χ0v) is 14.1. The number of pyridine rings is 1. The van der Waals surface area contributed by atoms with E-state index in [2.05, 4.69) is 15.2 Å². The standard InChI is InChI=1S/C17H20N4OS/c1-20(2)12-6-11-19-17(22)21-13-7-3-4-8-14(13)23-15-9-5-10-18-16(15)21/h3-5,7-10H,6,11-12H2,1-2H3,(H,19,22). The van der Waals surface area contributed by atoms with Gasteiger partial charge in [0.2, 0.25) is 0 Å². The van der Waals surface area contributed by atoms with Crippen LogP contribution in [0.5, 0.6) is 0 Å². The number of amides is 2. The lowest BCUT2D eigenvalue weighted by molar-refractivity contribution is 0.247. The number of hydrogen-bond acceptors (Lipinski definition) is 4. The normalized spacial score (nSPS) is 12.7. The Balaban J connectivity index is 1.82. The average molecular weight is 328 g/mol. The Labute approximate surface area is 140 Å². The predicted molar refractivity (Wildman–Crippen MR) is 93.5 cm³/mol. The Bertz CT molecular complexity index is 659. The van der Waals surface area contributed by atoms with Crippen LogP contribution in [0.1, 0.15) is 6.42 Å². The SMILES string of the molecule is CN(C)CCCNC(=O)N1c2ccccc2Sc2cccnc21. The van der Waals surface area contributed by atoms with E-state index >= 15 is 0 Å². The van der Waals surface area contributed by atoms with Crippen LogP contribution in [0, 0.1) is 0 Å². The topological polar surface area (TPSA) is 48.5 Å². The zero-order valence-electron chi connectivity index (χ0n) is 13.3. The van der Waals surface area contributed by atoms with Gasteiger partial charge in [-0.25, -0.2) is 14.7 Å². The number of para-hydroxylation sites is 1. The fourth-order valence-corrected chi connectivity index (χ4v) is 3.50. The Hall–Kier alpha value is -2.05. The van der Waals surface area contributed by atoms with Crippen LogP contribution in [-0.2, 0) is 0 Å². The Kier molecular flexibility index (Phi) is 4.83. The maximum Gasteiger partial charge on any atom is 0.327 e. The van der Waals surface area contributed by atoms with Gasteiger partial charge in [0, 0.05) is 17.6 Å². The van der Waals surface area contributed by atoms with Gasteiger partial charge in [0.15, 0.2) is 5.82 Å². The van der Waals surface area contributed by atoms with Gasteiger partial charge in [0.1, 0.15) is 0 Å². The molecule has 2 aromatic rings. The highest BCUT2D eigenvalue weighted by molar-refractivity contribution is 7.99. The van der Waals surface area contributed by atoms with Crippen molar-refractivity contribution in [2.45, 2.75) is 16.2 Å². The second-order valence-electron chi connectivity index (χ2n) is 5.62. The minimum atomic E-state index is -0.128. The van der Waals surface area contributed by atoms with Crippen LogP contribution >= 0.6 is 11.8 Å². The summed E-state index contributed by atoms with van der Waals surface area (Å²) in [6.45, 7) is 1.59. The van der Waals surface area contributed by atoms with Crippen molar-refractivity contribution in [2.75, 3.05) is 32.1 Å². The molecule has 23 heavy (non-hydrogen) atoms. The molecule has 6 heteroatoms. The molecule has 0 atom stereocenters. The van der Waals surface area contributed by atoms with Crippen molar-refractivity contribution < 1.29 is 4.79 Å². The fourth-order valence-electron chi connectivity index (χ4n) is 2.47. The summed E-state index contributed by atoms with van der Waals surface area (Å²) in [7, 11) is 4.06. The lowest BCUT2D eigenvalue weighted by atomic mass is 10.2. The van der Waals surface area contributed by atoms with Crippen LogP contribution in [0.25, 0.3) is 0 Å². The lowest BCUT2D eigenvalue weighted by Crippen LogP contribution is -2.39. The molecule has 0 saturated carbocycles. The third-order valence-corrected chi connectivity index (χ3v) is 4.65. The van der Waals surface area contributed by atoms with Crippen molar-refractivity contribution in [1.29, 1.82) is 0 Å². The molecule has 0 spiro atoms. The third-order valence-electron chi connectivity index (χ3n) is 3.55. The maximum absolute atomic E-state index is 12.7. The van der Waals surface area contributed by atoms with Crippen LogP contribution in [0.4, 0.5) is 16.3 Å². The van der Waals surface area contributed by atoms with Gasteiger partial charge in [-0.05, 0) is 51.3 Å². The van der Waals surface area contributed by atoms with Crippen molar-refractivity contribution in [2.24, 2.45) is 0 Å². The average Bonchev–Trinajstić information content (AvgIpc) is 2.56. The maximum atomic E-state index is 12.7. The van der Waals surface area contributed by atoms with Gasteiger partial charge < -0.3 is 10.2 Å². The number of carbonyl (C=O) groups excluding carboxylic acids is 1. The summed E-state index contributed by atoms with van der Waals surface area (Å²) >= 11 is 1.65. The third kappa shape index (κ3) is 3.48. The highest BCUT2D eigenvalue weighted by Gasteiger charge is 2.28. The van der Waals surface area contributed by atoms with E-state index in [0.717, 1.165) is 28.4 Å². The molecule has 5 nitrogen and oxygen atoms in total. The van der Waals surface area contributed by atoms with Crippen molar-refractivity contribution in [1.82, 2.24) is 15.2 Å². The Morgan fingerprint density at radius 3 is 2.83 bits per heavy atom. The molecule has 0 bridgehead atoms. The molecular formula is C17H20N4OS. The van der Waals surface area contributed by atoms with Gasteiger partial charge >= 0.3 is 6.03 Å². The number of hydrogen-bond donors (Lipinski definition) is 1. The Morgan fingerprint density at radius 1 is 1.22 bits per heavy atom.